The van der Waals surface area contributed by atoms with Crippen LogP contribution in [0.1, 0.15) is 0 Å². The highest BCUT2D eigenvalue weighted by atomic mass is 15.3. The molecular weight excluding hydrogens is 204 g/mol. The summed E-state index contributed by atoms with van der Waals surface area (Å²) < 4.78 is 1.47. The summed E-state index contributed by atoms with van der Waals surface area (Å²) in [6.45, 7) is 0. The number of aryl methyl sites for hydroxylation is 1. The van der Waals surface area contributed by atoms with Gasteiger partial charge in [-0.05, 0) is 12.1 Å². The summed E-state index contributed by atoms with van der Waals surface area (Å²) >= 11 is 0. The third kappa shape index (κ3) is 1.85. The van der Waals surface area contributed by atoms with E-state index in [4.69, 9.17) is 11.5 Å². The molecule has 0 saturated carbocycles. The lowest BCUT2D eigenvalue weighted by Crippen LogP contribution is -1.97. The molecule has 16 heavy (non-hydrogen) atoms. The Morgan fingerprint density at radius 3 is 2.38 bits per heavy atom. The number of nitrogen functional groups attached to an aromatic ring is 2. The zero-order valence-electron chi connectivity index (χ0n) is 8.83. The third-order valence-electron chi connectivity index (χ3n) is 2.11. The highest BCUT2D eigenvalue weighted by Gasteiger charge is 2.09. The maximum absolute atomic E-state index is 5.73. The number of aromatic nitrogens is 2. The van der Waals surface area contributed by atoms with E-state index < -0.39 is 0 Å². The molecule has 1 aromatic carbocycles. The van der Waals surface area contributed by atoms with Crippen LogP contribution in [0.25, 0.3) is 0 Å². The van der Waals surface area contributed by atoms with Crippen molar-refractivity contribution >= 4 is 23.0 Å². The van der Waals surface area contributed by atoms with E-state index in [0.29, 0.717) is 11.5 Å². The minimum absolute atomic E-state index is 0.277. The van der Waals surface area contributed by atoms with Gasteiger partial charge >= 0.3 is 0 Å². The van der Waals surface area contributed by atoms with E-state index >= 15 is 0 Å². The average Bonchev–Trinajstić information content (AvgIpc) is 2.53. The average molecular weight is 216 g/mol. The molecule has 0 aliphatic heterocycles. The molecule has 0 aliphatic rings. The molecule has 6 heteroatoms. The quantitative estimate of drug-likeness (QED) is 0.751. The van der Waals surface area contributed by atoms with E-state index in [1.807, 2.05) is 30.3 Å². The summed E-state index contributed by atoms with van der Waals surface area (Å²) in [5.74, 6) is 0.678. The minimum atomic E-state index is 0.277. The fourth-order valence-electron chi connectivity index (χ4n) is 1.25. The van der Waals surface area contributed by atoms with Gasteiger partial charge in [0.25, 0.3) is 0 Å². The van der Waals surface area contributed by atoms with Crippen molar-refractivity contribution in [3.8, 4) is 0 Å². The Balaban J connectivity index is 2.31. The molecule has 0 bridgehead atoms. The van der Waals surface area contributed by atoms with Gasteiger partial charge in [-0.2, -0.15) is 10.2 Å². The van der Waals surface area contributed by atoms with Gasteiger partial charge in [-0.25, -0.2) is 4.68 Å². The summed E-state index contributed by atoms with van der Waals surface area (Å²) in [5.41, 5.74) is 12.5. The molecule has 4 N–H and O–H groups in total. The van der Waals surface area contributed by atoms with Crippen molar-refractivity contribution in [2.75, 3.05) is 11.5 Å². The van der Waals surface area contributed by atoms with Gasteiger partial charge in [-0.15, -0.1) is 5.11 Å². The van der Waals surface area contributed by atoms with Crippen LogP contribution < -0.4 is 11.5 Å². The van der Waals surface area contributed by atoms with Gasteiger partial charge in [0.1, 0.15) is 0 Å². The molecule has 2 aromatic rings. The molecular formula is C10H12N6. The van der Waals surface area contributed by atoms with Crippen LogP contribution in [0.4, 0.5) is 23.0 Å². The minimum Gasteiger partial charge on any atom is -0.382 e. The molecule has 0 amide bonds. The van der Waals surface area contributed by atoms with Crippen molar-refractivity contribution < 1.29 is 0 Å². The molecule has 2 rings (SSSR count). The van der Waals surface area contributed by atoms with Crippen LogP contribution in [0.2, 0.25) is 0 Å². The van der Waals surface area contributed by atoms with Gasteiger partial charge < -0.3 is 11.5 Å². The Hall–Kier alpha value is -2.37. The van der Waals surface area contributed by atoms with Crippen molar-refractivity contribution in [3.63, 3.8) is 0 Å². The van der Waals surface area contributed by atoms with E-state index in [2.05, 4.69) is 15.3 Å². The van der Waals surface area contributed by atoms with E-state index in [9.17, 15) is 0 Å². The molecule has 0 atom stereocenters. The standard InChI is InChI=1S/C10H12N6/c1-16-10(12)8(9(11)15-16)14-13-7-5-3-2-4-6-7/h2-6H,12H2,1H3,(H2,11,15). The van der Waals surface area contributed by atoms with Crippen molar-refractivity contribution in [2.24, 2.45) is 17.3 Å². The van der Waals surface area contributed by atoms with Gasteiger partial charge in [0.15, 0.2) is 17.3 Å². The van der Waals surface area contributed by atoms with Gasteiger partial charge in [0, 0.05) is 7.05 Å². The van der Waals surface area contributed by atoms with Gasteiger partial charge in [-0.1, -0.05) is 18.2 Å². The topological polar surface area (TPSA) is 94.6 Å². The summed E-state index contributed by atoms with van der Waals surface area (Å²) in [5, 5.41) is 11.9. The zero-order valence-corrected chi connectivity index (χ0v) is 8.83. The fourth-order valence-corrected chi connectivity index (χ4v) is 1.25. The second-order valence-electron chi connectivity index (χ2n) is 3.28. The molecule has 6 nitrogen and oxygen atoms in total. The van der Waals surface area contributed by atoms with Crippen LogP contribution in [0.15, 0.2) is 40.6 Å². The maximum Gasteiger partial charge on any atom is 0.175 e. The van der Waals surface area contributed by atoms with Crippen molar-refractivity contribution in [3.05, 3.63) is 30.3 Å². The molecule has 0 saturated heterocycles. The number of hydrogen-bond donors (Lipinski definition) is 2. The first-order valence-electron chi connectivity index (χ1n) is 4.73. The second-order valence-corrected chi connectivity index (χ2v) is 3.28. The lowest BCUT2D eigenvalue weighted by Gasteiger charge is -1.93. The van der Waals surface area contributed by atoms with Crippen LogP contribution in [-0.4, -0.2) is 9.78 Å². The second kappa shape index (κ2) is 4.01. The molecule has 1 aromatic heterocycles. The molecule has 82 valence electrons. The Kier molecular flexibility index (Phi) is 2.55. The van der Waals surface area contributed by atoms with Gasteiger partial charge in [-0.3, -0.25) is 0 Å². The SMILES string of the molecule is Cn1nc(N)c(N=Nc2ccccc2)c1N. The normalized spacial score (nSPS) is 11.1. The summed E-state index contributed by atoms with van der Waals surface area (Å²) in [7, 11) is 1.70. The fraction of sp³-hybridized carbons (Fsp3) is 0.100. The first-order valence-corrected chi connectivity index (χ1v) is 4.73. The third-order valence-corrected chi connectivity index (χ3v) is 2.11. The smallest absolute Gasteiger partial charge is 0.175 e. The predicted molar refractivity (Wildman–Crippen MR) is 62.7 cm³/mol. The van der Waals surface area contributed by atoms with Gasteiger partial charge in [0.05, 0.1) is 5.69 Å². The van der Waals surface area contributed by atoms with Crippen LogP contribution >= 0.6 is 0 Å². The van der Waals surface area contributed by atoms with Crippen LogP contribution in [-0.2, 0) is 7.05 Å². The van der Waals surface area contributed by atoms with E-state index in [1.54, 1.807) is 7.05 Å². The Bertz CT molecular complexity index is 514. The Morgan fingerprint density at radius 2 is 1.81 bits per heavy atom. The van der Waals surface area contributed by atoms with E-state index in [-0.39, 0.29) is 5.82 Å². The lowest BCUT2D eigenvalue weighted by atomic mass is 10.3. The van der Waals surface area contributed by atoms with Crippen LogP contribution in [0.3, 0.4) is 0 Å². The molecule has 0 radical (unpaired) electrons. The Labute approximate surface area is 92.6 Å². The van der Waals surface area contributed by atoms with E-state index in [1.165, 1.54) is 4.68 Å². The van der Waals surface area contributed by atoms with Gasteiger partial charge in [0.2, 0.25) is 0 Å². The summed E-state index contributed by atoms with van der Waals surface area (Å²) in [6, 6.07) is 9.35. The predicted octanol–water partition coefficient (Wildman–Crippen LogP) is 2.00. The number of azo groups is 1. The Morgan fingerprint density at radius 1 is 1.12 bits per heavy atom. The van der Waals surface area contributed by atoms with Crippen LogP contribution in [0, 0.1) is 0 Å². The monoisotopic (exact) mass is 216 g/mol. The molecule has 0 spiro atoms. The number of nitrogens with two attached hydrogens (primary N) is 2. The zero-order chi connectivity index (χ0) is 11.5. The number of anilines is 2. The molecule has 1 heterocycles. The number of hydrogen-bond acceptors (Lipinski definition) is 5. The summed E-state index contributed by atoms with van der Waals surface area (Å²) in [4.78, 5) is 0. The summed E-state index contributed by atoms with van der Waals surface area (Å²) in [6.07, 6.45) is 0. The van der Waals surface area contributed by atoms with Crippen molar-refractivity contribution in [2.45, 2.75) is 0 Å². The number of nitrogens with zero attached hydrogens (tertiary/aromatic N) is 4. The molecule has 0 fully saturated rings. The highest BCUT2D eigenvalue weighted by molar-refractivity contribution is 5.70. The number of rotatable bonds is 2. The van der Waals surface area contributed by atoms with Crippen molar-refractivity contribution in [1.29, 1.82) is 0 Å². The first-order chi connectivity index (χ1) is 7.68. The van der Waals surface area contributed by atoms with E-state index in [0.717, 1.165) is 5.69 Å². The lowest BCUT2D eigenvalue weighted by molar-refractivity contribution is 0.783. The number of benzene rings is 1. The molecule has 0 aliphatic carbocycles. The largest absolute Gasteiger partial charge is 0.382 e. The highest BCUT2D eigenvalue weighted by Crippen LogP contribution is 2.29. The van der Waals surface area contributed by atoms with Crippen LogP contribution in [0.5, 0.6) is 0 Å². The molecule has 0 unspecified atom stereocenters. The first kappa shape index (κ1) is 10.2. The maximum atomic E-state index is 5.73. The van der Waals surface area contributed by atoms with Crippen molar-refractivity contribution in [1.82, 2.24) is 9.78 Å².